The summed E-state index contributed by atoms with van der Waals surface area (Å²) < 4.78 is 0. The lowest BCUT2D eigenvalue weighted by molar-refractivity contribution is -0.116. The van der Waals surface area contributed by atoms with Gasteiger partial charge in [-0.3, -0.25) is 14.6 Å². The molecule has 2 rings (SSSR count). The molecule has 23 heavy (non-hydrogen) atoms. The number of carbonyl (C=O) groups excluding carboxylic acids is 2. The summed E-state index contributed by atoms with van der Waals surface area (Å²) in [5.74, 6) is -0.594. The average molecular weight is 312 g/mol. The smallest absolute Gasteiger partial charge is 0.274 e. The molecule has 0 aliphatic heterocycles. The molecule has 0 aliphatic rings. The molecular weight excluding hydrogens is 292 g/mol. The number of amides is 2. The standard InChI is InChI=1S/C17H20N4O2/c1-11-5-6-12(2)14(7-11)20-16(22)10-21(4)17(23)15-9-18-13(3)8-19-15/h5-9H,10H2,1-4H3,(H,20,22). The molecule has 0 atom stereocenters. The summed E-state index contributed by atoms with van der Waals surface area (Å²) in [7, 11) is 1.56. The zero-order valence-corrected chi connectivity index (χ0v) is 13.8. The van der Waals surface area contributed by atoms with Crippen LogP contribution in [0.2, 0.25) is 0 Å². The van der Waals surface area contributed by atoms with Crippen LogP contribution in [0.15, 0.2) is 30.6 Å². The van der Waals surface area contributed by atoms with Gasteiger partial charge in [-0.25, -0.2) is 4.98 Å². The van der Waals surface area contributed by atoms with E-state index in [2.05, 4.69) is 15.3 Å². The third-order valence-electron chi connectivity index (χ3n) is 3.39. The second kappa shape index (κ2) is 7.00. The molecule has 1 heterocycles. The molecule has 0 saturated heterocycles. The first kappa shape index (κ1) is 16.6. The molecule has 6 nitrogen and oxygen atoms in total. The van der Waals surface area contributed by atoms with Crippen molar-refractivity contribution >= 4 is 17.5 Å². The Morgan fingerprint density at radius 3 is 2.52 bits per heavy atom. The molecule has 0 fully saturated rings. The second-order valence-electron chi connectivity index (χ2n) is 5.57. The van der Waals surface area contributed by atoms with Crippen LogP contribution in [0, 0.1) is 20.8 Å². The fourth-order valence-electron chi connectivity index (χ4n) is 2.05. The van der Waals surface area contributed by atoms with Crippen LogP contribution in [-0.2, 0) is 4.79 Å². The second-order valence-corrected chi connectivity index (χ2v) is 5.57. The molecule has 6 heteroatoms. The van der Waals surface area contributed by atoms with Crippen molar-refractivity contribution in [3.05, 3.63) is 53.1 Å². The fourth-order valence-corrected chi connectivity index (χ4v) is 2.05. The Balaban J connectivity index is 2.00. The number of nitrogens with zero attached hydrogens (tertiary/aromatic N) is 3. The van der Waals surface area contributed by atoms with Gasteiger partial charge in [0.1, 0.15) is 5.69 Å². The van der Waals surface area contributed by atoms with Crippen LogP contribution in [0.25, 0.3) is 0 Å². The number of benzene rings is 1. The quantitative estimate of drug-likeness (QED) is 0.938. The number of hydrogen-bond acceptors (Lipinski definition) is 4. The Morgan fingerprint density at radius 2 is 1.87 bits per heavy atom. The molecule has 0 unspecified atom stereocenters. The normalized spacial score (nSPS) is 10.3. The molecule has 1 aromatic carbocycles. The molecule has 0 aliphatic carbocycles. The molecule has 2 amide bonds. The average Bonchev–Trinajstić information content (AvgIpc) is 2.51. The van der Waals surface area contributed by atoms with Gasteiger partial charge in [-0.1, -0.05) is 12.1 Å². The van der Waals surface area contributed by atoms with Crippen molar-refractivity contribution in [1.82, 2.24) is 14.9 Å². The Hall–Kier alpha value is -2.76. The van der Waals surface area contributed by atoms with E-state index in [9.17, 15) is 9.59 Å². The van der Waals surface area contributed by atoms with Crippen molar-refractivity contribution in [2.45, 2.75) is 20.8 Å². The maximum Gasteiger partial charge on any atom is 0.274 e. The predicted octanol–water partition coefficient (Wildman–Crippen LogP) is 2.11. The minimum Gasteiger partial charge on any atom is -0.331 e. The van der Waals surface area contributed by atoms with Gasteiger partial charge in [0.2, 0.25) is 5.91 Å². The Labute approximate surface area is 135 Å². The van der Waals surface area contributed by atoms with Gasteiger partial charge >= 0.3 is 0 Å². The van der Waals surface area contributed by atoms with E-state index in [1.54, 1.807) is 14.0 Å². The van der Waals surface area contributed by atoms with Gasteiger partial charge in [-0.15, -0.1) is 0 Å². The van der Waals surface area contributed by atoms with Gasteiger partial charge < -0.3 is 10.2 Å². The minimum atomic E-state index is -0.339. The van der Waals surface area contributed by atoms with Crippen molar-refractivity contribution in [2.75, 3.05) is 18.9 Å². The third kappa shape index (κ3) is 4.35. The summed E-state index contributed by atoms with van der Waals surface area (Å²) in [5.41, 5.74) is 3.74. The summed E-state index contributed by atoms with van der Waals surface area (Å²) in [6, 6.07) is 5.83. The molecule has 0 bridgehead atoms. The molecule has 1 N–H and O–H groups in total. The summed E-state index contributed by atoms with van der Waals surface area (Å²) in [6.07, 6.45) is 2.94. The number of rotatable bonds is 4. The van der Waals surface area contributed by atoms with Gasteiger partial charge in [-0.2, -0.15) is 0 Å². The zero-order valence-electron chi connectivity index (χ0n) is 13.8. The van der Waals surface area contributed by atoms with Crippen molar-refractivity contribution < 1.29 is 9.59 Å². The lowest BCUT2D eigenvalue weighted by Gasteiger charge is -2.17. The number of aromatic nitrogens is 2. The van der Waals surface area contributed by atoms with Crippen LogP contribution >= 0.6 is 0 Å². The monoisotopic (exact) mass is 312 g/mol. The van der Waals surface area contributed by atoms with E-state index >= 15 is 0 Å². The van der Waals surface area contributed by atoms with Gasteiger partial charge in [0.05, 0.1) is 18.4 Å². The van der Waals surface area contributed by atoms with E-state index in [4.69, 9.17) is 0 Å². The molecule has 2 aromatic rings. The number of likely N-dealkylation sites (N-methyl/N-ethyl adjacent to an activating group) is 1. The highest BCUT2D eigenvalue weighted by Crippen LogP contribution is 2.16. The lowest BCUT2D eigenvalue weighted by Crippen LogP contribution is -2.35. The van der Waals surface area contributed by atoms with Crippen LogP contribution in [0.5, 0.6) is 0 Å². The van der Waals surface area contributed by atoms with Crippen LogP contribution in [-0.4, -0.2) is 40.3 Å². The van der Waals surface area contributed by atoms with Gasteiger partial charge in [0.15, 0.2) is 0 Å². The van der Waals surface area contributed by atoms with Crippen molar-refractivity contribution in [2.24, 2.45) is 0 Å². The molecule has 0 spiro atoms. The van der Waals surface area contributed by atoms with Crippen LogP contribution in [0.4, 0.5) is 5.69 Å². The van der Waals surface area contributed by atoms with E-state index < -0.39 is 0 Å². The van der Waals surface area contributed by atoms with E-state index in [-0.39, 0.29) is 24.1 Å². The predicted molar refractivity (Wildman–Crippen MR) is 88.3 cm³/mol. The van der Waals surface area contributed by atoms with E-state index in [0.717, 1.165) is 22.5 Å². The van der Waals surface area contributed by atoms with Crippen LogP contribution in [0.1, 0.15) is 27.3 Å². The highest BCUT2D eigenvalue weighted by Gasteiger charge is 2.17. The molecular formula is C17H20N4O2. The number of anilines is 1. The first-order valence-corrected chi connectivity index (χ1v) is 7.28. The number of nitrogens with one attached hydrogen (secondary N) is 1. The summed E-state index contributed by atoms with van der Waals surface area (Å²) in [4.78, 5) is 33.7. The zero-order chi connectivity index (χ0) is 17.0. The topological polar surface area (TPSA) is 75.2 Å². The van der Waals surface area contributed by atoms with Crippen LogP contribution < -0.4 is 5.32 Å². The Bertz CT molecular complexity index is 726. The maximum atomic E-state index is 12.2. The molecule has 0 saturated carbocycles. The lowest BCUT2D eigenvalue weighted by atomic mass is 10.1. The molecule has 120 valence electrons. The molecule has 0 radical (unpaired) electrons. The summed E-state index contributed by atoms with van der Waals surface area (Å²) in [5, 5.41) is 2.83. The number of carbonyl (C=O) groups is 2. The van der Waals surface area contributed by atoms with Crippen molar-refractivity contribution in [1.29, 1.82) is 0 Å². The van der Waals surface area contributed by atoms with Crippen molar-refractivity contribution in [3.8, 4) is 0 Å². The largest absolute Gasteiger partial charge is 0.331 e. The van der Waals surface area contributed by atoms with E-state index in [1.165, 1.54) is 17.3 Å². The maximum absolute atomic E-state index is 12.2. The van der Waals surface area contributed by atoms with Crippen LogP contribution in [0.3, 0.4) is 0 Å². The Morgan fingerprint density at radius 1 is 1.13 bits per heavy atom. The first-order valence-electron chi connectivity index (χ1n) is 7.28. The number of aryl methyl sites for hydroxylation is 3. The minimum absolute atomic E-state index is 0.0538. The van der Waals surface area contributed by atoms with E-state index in [0.29, 0.717) is 0 Å². The third-order valence-corrected chi connectivity index (χ3v) is 3.39. The summed E-state index contributed by atoms with van der Waals surface area (Å²) >= 11 is 0. The fraction of sp³-hybridized carbons (Fsp3) is 0.294. The first-order chi connectivity index (χ1) is 10.9. The highest BCUT2D eigenvalue weighted by molar-refractivity contribution is 5.98. The highest BCUT2D eigenvalue weighted by atomic mass is 16.2. The number of hydrogen-bond donors (Lipinski definition) is 1. The molecule has 1 aromatic heterocycles. The summed E-state index contributed by atoms with van der Waals surface area (Å²) in [6.45, 7) is 5.62. The van der Waals surface area contributed by atoms with E-state index in [1.807, 2.05) is 32.0 Å². The van der Waals surface area contributed by atoms with Gasteiger partial charge in [0.25, 0.3) is 5.91 Å². The van der Waals surface area contributed by atoms with Gasteiger partial charge in [0, 0.05) is 18.9 Å². The SMILES string of the molecule is Cc1ccc(C)c(NC(=O)CN(C)C(=O)c2cnc(C)cn2)c1. The van der Waals surface area contributed by atoms with Crippen molar-refractivity contribution in [3.63, 3.8) is 0 Å². The van der Waals surface area contributed by atoms with Gasteiger partial charge in [-0.05, 0) is 38.0 Å². The Kier molecular flexibility index (Phi) is 5.05.